The van der Waals surface area contributed by atoms with Crippen LogP contribution < -0.4 is 8.37 Å². The van der Waals surface area contributed by atoms with Crippen LogP contribution in [-0.2, 0) is 44.7 Å². The first-order valence-corrected chi connectivity index (χ1v) is 15.5. The van der Waals surface area contributed by atoms with Gasteiger partial charge in [-0.25, -0.2) is 9.37 Å². The van der Waals surface area contributed by atoms with Crippen molar-refractivity contribution in [2.24, 2.45) is 0 Å². The Morgan fingerprint density at radius 1 is 0.950 bits per heavy atom. The molecule has 40 heavy (non-hydrogen) atoms. The molecule has 1 aromatic heterocycles. The normalized spacial score (nSPS) is 14.7. The molecule has 3 aromatic rings. The highest BCUT2D eigenvalue weighted by Crippen LogP contribution is 2.26. The molecule has 0 spiro atoms. The van der Waals surface area contributed by atoms with Gasteiger partial charge in [0.2, 0.25) is 5.91 Å². The van der Waals surface area contributed by atoms with E-state index in [-0.39, 0.29) is 36.1 Å². The van der Waals surface area contributed by atoms with E-state index < -0.39 is 26.1 Å². The Morgan fingerprint density at radius 2 is 1.62 bits per heavy atom. The van der Waals surface area contributed by atoms with E-state index in [1.165, 1.54) is 24.3 Å². The minimum absolute atomic E-state index is 0.0280. The fraction of sp³-hybridized carbons (Fsp3) is 0.320. The standard InChI is InChI=1S/C25H26FN5O7S2/c1-39(33,34)37-22-7-19(8-23(10-22)38-40(2,35)36)14-30-6-5-29(16-25(30)32)15-21-12-28-17-31(21)13-18-3-4-20(11-27)24(26)9-18/h3-4,7-10,12,17H,5-6,13-16H2,1-2H3. The Morgan fingerprint density at radius 3 is 2.20 bits per heavy atom. The van der Waals surface area contributed by atoms with Crippen molar-refractivity contribution in [2.45, 2.75) is 19.6 Å². The first-order valence-electron chi connectivity index (χ1n) is 11.9. The smallest absolute Gasteiger partial charge is 0.306 e. The summed E-state index contributed by atoms with van der Waals surface area (Å²) in [6.45, 7) is 1.82. The molecule has 2 heterocycles. The molecule has 212 valence electrons. The topological polar surface area (TPSA) is 152 Å². The minimum Gasteiger partial charge on any atom is -0.382 e. The van der Waals surface area contributed by atoms with Gasteiger partial charge in [0.15, 0.2) is 0 Å². The third-order valence-corrected chi connectivity index (χ3v) is 6.89. The van der Waals surface area contributed by atoms with Crippen LogP contribution in [0.3, 0.4) is 0 Å². The van der Waals surface area contributed by atoms with E-state index >= 15 is 0 Å². The van der Waals surface area contributed by atoms with Crippen LogP contribution in [0.2, 0.25) is 0 Å². The number of nitriles is 1. The fourth-order valence-electron chi connectivity index (χ4n) is 4.24. The first kappa shape index (κ1) is 29.0. The number of hydrogen-bond donors (Lipinski definition) is 0. The van der Waals surface area contributed by atoms with Gasteiger partial charge in [-0.3, -0.25) is 9.69 Å². The molecule has 15 heteroatoms. The summed E-state index contributed by atoms with van der Waals surface area (Å²) in [5.41, 5.74) is 1.88. The van der Waals surface area contributed by atoms with Gasteiger partial charge in [-0.05, 0) is 35.4 Å². The fourth-order valence-corrected chi connectivity index (χ4v) is 5.13. The number of halogens is 1. The molecule has 0 N–H and O–H groups in total. The molecular formula is C25H26FN5O7S2. The molecule has 2 aromatic carbocycles. The maximum absolute atomic E-state index is 14.0. The van der Waals surface area contributed by atoms with E-state index in [0.29, 0.717) is 37.3 Å². The van der Waals surface area contributed by atoms with Crippen molar-refractivity contribution in [1.82, 2.24) is 19.4 Å². The summed E-state index contributed by atoms with van der Waals surface area (Å²) in [5.74, 6) is -1.06. The summed E-state index contributed by atoms with van der Waals surface area (Å²) in [7, 11) is -7.78. The second-order valence-electron chi connectivity index (χ2n) is 9.35. The molecule has 1 aliphatic heterocycles. The van der Waals surface area contributed by atoms with E-state index in [0.717, 1.165) is 24.3 Å². The Balaban J connectivity index is 1.42. The Kier molecular flexibility index (Phi) is 8.43. The highest BCUT2D eigenvalue weighted by atomic mass is 32.2. The number of amides is 1. The summed E-state index contributed by atoms with van der Waals surface area (Å²) >= 11 is 0. The van der Waals surface area contributed by atoms with Crippen LogP contribution in [0, 0.1) is 17.1 Å². The highest BCUT2D eigenvalue weighted by Gasteiger charge is 2.25. The quantitative estimate of drug-likeness (QED) is 0.317. The van der Waals surface area contributed by atoms with Crippen LogP contribution in [0.5, 0.6) is 11.5 Å². The lowest BCUT2D eigenvalue weighted by Crippen LogP contribution is -2.49. The molecule has 1 amide bonds. The summed E-state index contributed by atoms with van der Waals surface area (Å²) in [5, 5.41) is 8.92. The van der Waals surface area contributed by atoms with Crippen LogP contribution in [0.25, 0.3) is 0 Å². The molecular weight excluding hydrogens is 565 g/mol. The van der Waals surface area contributed by atoms with Gasteiger partial charge in [0.25, 0.3) is 0 Å². The number of nitrogens with zero attached hydrogens (tertiary/aromatic N) is 5. The van der Waals surface area contributed by atoms with Crippen molar-refractivity contribution in [3.05, 3.63) is 77.1 Å². The predicted octanol–water partition coefficient (Wildman–Crippen LogP) is 1.46. The lowest BCUT2D eigenvalue weighted by Gasteiger charge is -2.34. The zero-order chi connectivity index (χ0) is 29.1. The number of carbonyl (C=O) groups is 1. The Labute approximate surface area is 231 Å². The zero-order valence-electron chi connectivity index (χ0n) is 21.6. The van der Waals surface area contributed by atoms with Crippen LogP contribution >= 0.6 is 0 Å². The van der Waals surface area contributed by atoms with Gasteiger partial charge >= 0.3 is 20.2 Å². The largest absolute Gasteiger partial charge is 0.382 e. The molecule has 0 unspecified atom stereocenters. The van der Waals surface area contributed by atoms with Crippen molar-refractivity contribution in [2.75, 3.05) is 32.1 Å². The molecule has 4 rings (SSSR count). The SMILES string of the molecule is CS(=O)(=O)Oc1cc(CN2CCN(Cc3cncn3Cc3ccc(C#N)c(F)c3)CC2=O)cc(OS(C)(=O)=O)c1. The first-order chi connectivity index (χ1) is 18.8. The lowest BCUT2D eigenvalue weighted by atomic mass is 10.1. The van der Waals surface area contributed by atoms with Crippen molar-refractivity contribution >= 4 is 26.1 Å². The average molecular weight is 592 g/mol. The van der Waals surface area contributed by atoms with E-state index in [1.54, 1.807) is 29.6 Å². The molecule has 1 saturated heterocycles. The van der Waals surface area contributed by atoms with Crippen molar-refractivity contribution in [1.29, 1.82) is 5.26 Å². The monoisotopic (exact) mass is 591 g/mol. The maximum Gasteiger partial charge on any atom is 0.306 e. The molecule has 0 radical (unpaired) electrons. The number of aromatic nitrogens is 2. The maximum atomic E-state index is 14.0. The third kappa shape index (κ3) is 8.01. The summed E-state index contributed by atoms with van der Waals surface area (Å²) in [6.07, 6.45) is 5.00. The van der Waals surface area contributed by atoms with Gasteiger partial charge < -0.3 is 17.8 Å². The summed E-state index contributed by atoms with van der Waals surface area (Å²) in [4.78, 5) is 20.7. The average Bonchev–Trinajstić information content (AvgIpc) is 3.25. The van der Waals surface area contributed by atoms with E-state index in [2.05, 4.69) is 4.98 Å². The van der Waals surface area contributed by atoms with Gasteiger partial charge in [0, 0.05) is 45.0 Å². The molecule has 0 saturated carbocycles. The van der Waals surface area contributed by atoms with Crippen molar-refractivity contribution < 1.29 is 34.4 Å². The molecule has 1 fully saturated rings. The highest BCUT2D eigenvalue weighted by molar-refractivity contribution is 7.86. The van der Waals surface area contributed by atoms with Gasteiger partial charge in [0.05, 0.1) is 36.6 Å². The third-order valence-electron chi connectivity index (χ3n) is 5.90. The lowest BCUT2D eigenvalue weighted by molar-refractivity contribution is -0.136. The molecule has 1 aliphatic rings. The van der Waals surface area contributed by atoms with Crippen LogP contribution in [0.1, 0.15) is 22.4 Å². The molecule has 0 bridgehead atoms. The molecule has 0 atom stereocenters. The number of benzene rings is 2. The summed E-state index contributed by atoms with van der Waals surface area (Å²) in [6, 6.07) is 10.2. The van der Waals surface area contributed by atoms with E-state index in [1.807, 2.05) is 9.47 Å². The number of rotatable bonds is 10. The van der Waals surface area contributed by atoms with Gasteiger partial charge in [-0.2, -0.15) is 22.1 Å². The van der Waals surface area contributed by atoms with Gasteiger partial charge in [-0.1, -0.05) is 6.07 Å². The van der Waals surface area contributed by atoms with Gasteiger partial charge in [0.1, 0.15) is 23.4 Å². The van der Waals surface area contributed by atoms with Crippen LogP contribution in [0.15, 0.2) is 48.9 Å². The number of imidazole rings is 1. The van der Waals surface area contributed by atoms with Crippen LogP contribution in [-0.4, -0.2) is 74.2 Å². The van der Waals surface area contributed by atoms with Gasteiger partial charge in [-0.15, -0.1) is 0 Å². The minimum atomic E-state index is -3.89. The predicted molar refractivity (Wildman–Crippen MR) is 141 cm³/mol. The Bertz CT molecular complexity index is 1630. The second kappa shape index (κ2) is 11.6. The number of hydrogen-bond acceptors (Lipinski definition) is 10. The second-order valence-corrected chi connectivity index (χ2v) is 12.5. The molecule has 0 aliphatic carbocycles. The molecule has 12 nitrogen and oxygen atoms in total. The summed E-state index contributed by atoms with van der Waals surface area (Å²) < 4.78 is 72.1. The van der Waals surface area contributed by atoms with E-state index in [9.17, 15) is 26.0 Å². The van der Waals surface area contributed by atoms with E-state index in [4.69, 9.17) is 13.6 Å². The van der Waals surface area contributed by atoms with Crippen LogP contribution in [0.4, 0.5) is 4.39 Å². The number of piperazine rings is 1. The number of carbonyl (C=O) groups excluding carboxylic acids is 1. The Hall–Kier alpha value is -4.00. The van der Waals surface area contributed by atoms with Crippen molar-refractivity contribution in [3.8, 4) is 17.6 Å². The van der Waals surface area contributed by atoms with Crippen molar-refractivity contribution in [3.63, 3.8) is 0 Å². The zero-order valence-corrected chi connectivity index (χ0v) is 23.3.